The summed E-state index contributed by atoms with van der Waals surface area (Å²) < 4.78 is 0. The maximum atomic E-state index is 10.5. The molecule has 0 aromatic heterocycles. The van der Waals surface area contributed by atoms with Crippen molar-refractivity contribution in [3.05, 3.63) is 0 Å². The molecular formula is C15H28O2. The zero-order chi connectivity index (χ0) is 12.9. The number of fused-ring (bicyclic) bond motifs is 1. The predicted molar refractivity (Wildman–Crippen MR) is 69.7 cm³/mol. The molecule has 0 aromatic carbocycles. The van der Waals surface area contributed by atoms with Crippen molar-refractivity contribution in [2.24, 2.45) is 22.7 Å². The quantitative estimate of drug-likeness (QED) is 0.740. The molecule has 0 radical (unpaired) electrons. The van der Waals surface area contributed by atoms with Gasteiger partial charge in [-0.2, -0.15) is 0 Å². The fraction of sp³-hybridized carbons (Fsp3) is 1.00. The van der Waals surface area contributed by atoms with Crippen molar-refractivity contribution in [1.82, 2.24) is 0 Å². The van der Waals surface area contributed by atoms with Gasteiger partial charge >= 0.3 is 0 Å². The van der Waals surface area contributed by atoms with E-state index in [2.05, 4.69) is 20.8 Å². The van der Waals surface area contributed by atoms with Crippen molar-refractivity contribution >= 4 is 0 Å². The van der Waals surface area contributed by atoms with E-state index in [-0.39, 0.29) is 17.9 Å². The van der Waals surface area contributed by atoms with E-state index in [1.807, 2.05) is 6.92 Å². The Morgan fingerprint density at radius 1 is 1.06 bits per heavy atom. The van der Waals surface area contributed by atoms with E-state index in [1.54, 1.807) is 0 Å². The first-order chi connectivity index (χ1) is 7.74. The van der Waals surface area contributed by atoms with E-state index in [9.17, 15) is 10.2 Å². The zero-order valence-corrected chi connectivity index (χ0v) is 11.8. The Morgan fingerprint density at radius 3 is 2.29 bits per heavy atom. The lowest BCUT2D eigenvalue weighted by Gasteiger charge is -2.60. The van der Waals surface area contributed by atoms with Gasteiger partial charge in [-0.15, -0.1) is 0 Å². The molecule has 2 aliphatic rings. The molecule has 0 spiro atoms. The molecule has 0 aliphatic heterocycles. The lowest BCUT2D eigenvalue weighted by molar-refractivity contribution is -0.178. The van der Waals surface area contributed by atoms with Crippen LogP contribution in [0.3, 0.4) is 0 Å². The number of rotatable bonds is 1. The van der Waals surface area contributed by atoms with Gasteiger partial charge in [0.25, 0.3) is 0 Å². The topological polar surface area (TPSA) is 40.5 Å². The van der Waals surface area contributed by atoms with Crippen LogP contribution in [0.15, 0.2) is 0 Å². The molecule has 2 rings (SSSR count). The summed E-state index contributed by atoms with van der Waals surface area (Å²) in [5.41, 5.74) is -0.220. The van der Waals surface area contributed by atoms with Gasteiger partial charge in [0.1, 0.15) is 0 Å². The van der Waals surface area contributed by atoms with Crippen LogP contribution in [0.5, 0.6) is 0 Å². The highest BCUT2D eigenvalue weighted by atomic mass is 16.3. The van der Waals surface area contributed by atoms with E-state index >= 15 is 0 Å². The highest BCUT2D eigenvalue weighted by Gasteiger charge is 2.57. The Labute approximate surface area is 105 Å². The summed E-state index contributed by atoms with van der Waals surface area (Å²) >= 11 is 0. The summed E-state index contributed by atoms with van der Waals surface area (Å²) in [5, 5.41) is 20.3. The van der Waals surface area contributed by atoms with Crippen molar-refractivity contribution < 1.29 is 10.2 Å². The molecule has 17 heavy (non-hydrogen) atoms. The summed E-state index contributed by atoms with van der Waals surface area (Å²) in [7, 11) is 0. The van der Waals surface area contributed by atoms with Crippen molar-refractivity contribution in [2.75, 3.05) is 6.61 Å². The number of aliphatic hydroxyl groups excluding tert-OH is 1. The number of hydrogen-bond donors (Lipinski definition) is 2. The lowest BCUT2D eigenvalue weighted by Crippen LogP contribution is -2.58. The Hall–Kier alpha value is -0.0800. The van der Waals surface area contributed by atoms with E-state index in [0.29, 0.717) is 11.3 Å². The fourth-order valence-electron chi connectivity index (χ4n) is 5.03. The largest absolute Gasteiger partial charge is 0.396 e. The first-order valence-electron chi connectivity index (χ1n) is 7.07. The van der Waals surface area contributed by atoms with Crippen LogP contribution in [-0.4, -0.2) is 22.4 Å². The van der Waals surface area contributed by atoms with E-state index in [1.165, 1.54) is 12.8 Å². The lowest BCUT2D eigenvalue weighted by atomic mass is 9.46. The molecule has 2 fully saturated rings. The number of hydrogen-bond acceptors (Lipinski definition) is 2. The van der Waals surface area contributed by atoms with E-state index in [4.69, 9.17) is 0 Å². The van der Waals surface area contributed by atoms with Gasteiger partial charge in [0.15, 0.2) is 0 Å². The zero-order valence-electron chi connectivity index (χ0n) is 11.8. The number of aliphatic hydroxyl groups is 2. The van der Waals surface area contributed by atoms with Gasteiger partial charge in [-0.25, -0.2) is 0 Å². The van der Waals surface area contributed by atoms with E-state index < -0.39 is 5.60 Å². The van der Waals surface area contributed by atoms with Crippen LogP contribution >= 0.6 is 0 Å². The minimum absolute atomic E-state index is 0.0355. The average molecular weight is 240 g/mol. The fourth-order valence-corrected chi connectivity index (χ4v) is 5.03. The van der Waals surface area contributed by atoms with Gasteiger partial charge in [-0.05, 0) is 49.4 Å². The molecule has 2 saturated carbocycles. The summed E-state index contributed by atoms with van der Waals surface area (Å²) in [6, 6.07) is 0. The molecule has 2 heteroatoms. The Kier molecular flexibility index (Phi) is 3.11. The molecule has 100 valence electrons. The molecule has 2 N–H and O–H groups in total. The third kappa shape index (κ3) is 1.94. The first-order valence-corrected chi connectivity index (χ1v) is 7.07. The third-order valence-electron chi connectivity index (χ3n) is 5.94. The van der Waals surface area contributed by atoms with E-state index in [0.717, 1.165) is 19.3 Å². The SMILES string of the molecule is CC1(C)CCC[C@]2(C)[C@@H]1CC[C@](C)(O)[C@H]2CO. The van der Waals surface area contributed by atoms with Gasteiger partial charge in [0.2, 0.25) is 0 Å². The van der Waals surface area contributed by atoms with Gasteiger partial charge in [0, 0.05) is 12.5 Å². The normalized spacial score (nSPS) is 49.8. The maximum absolute atomic E-state index is 10.5. The van der Waals surface area contributed by atoms with Crippen LogP contribution in [0, 0.1) is 22.7 Å². The molecular weight excluding hydrogens is 212 g/mol. The van der Waals surface area contributed by atoms with Gasteiger partial charge < -0.3 is 10.2 Å². The second-order valence-electron chi connectivity index (χ2n) is 7.53. The summed E-state index contributed by atoms with van der Waals surface area (Å²) in [4.78, 5) is 0. The highest BCUT2D eigenvalue weighted by molar-refractivity contribution is 5.07. The van der Waals surface area contributed by atoms with Crippen molar-refractivity contribution in [3.8, 4) is 0 Å². The summed E-state index contributed by atoms with van der Waals surface area (Å²) in [6.07, 6.45) is 5.61. The minimum Gasteiger partial charge on any atom is -0.396 e. The first kappa shape index (κ1) is 13.4. The van der Waals surface area contributed by atoms with Crippen molar-refractivity contribution in [2.45, 2.75) is 65.4 Å². The molecule has 2 nitrogen and oxygen atoms in total. The predicted octanol–water partition coefficient (Wildman–Crippen LogP) is 2.97. The Morgan fingerprint density at radius 2 is 1.71 bits per heavy atom. The van der Waals surface area contributed by atoms with Crippen LogP contribution in [-0.2, 0) is 0 Å². The van der Waals surface area contributed by atoms with Gasteiger partial charge in [0.05, 0.1) is 5.60 Å². The Balaban J connectivity index is 2.37. The molecule has 0 saturated heterocycles. The standard InChI is InChI=1S/C15H28O2/c1-13(2)7-5-8-14(3)11(13)6-9-15(4,17)12(14)10-16/h11-12,16-17H,5-10H2,1-4H3/t11-,12+,14-,15+/m1/s1. The second-order valence-corrected chi connectivity index (χ2v) is 7.53. The summed E-state index contributed by atoms with van der Waals surface area (Å²) in [6.45, 7) is 9.06. The van der Waals surface area contributed by atoms with Crippen LogP contribution in [0.1, 0.15) is 59.8 Å². The van der Waals surface area contributed by atoms with Crippen LogP contribution in [0.2, 0.25) is 0 Å². The molecule has 0 bridgehead atoms. The Bertz CT molecular complexity index is 283. The molecule has 4 atom stereocenters. The molecule has 0 unspecified atom stereocenters. The van der Waals surface area contributed by atoms with Crippen molar-refractivity contribution in [3.63, 3.8) is 0 Å². The molecule has 2 aliphatic carbocycles. The average Bonchev–Trinajstić information content (AvgIpc) is 2.14. The van der Waals surface area contributed by atoms with Crippen LogP contribution in [0.25, 0.3) is 0 Å². The van der Waals surface area contributed by atoms with Gasteiger partial charge in [-0.3, -0.25) is 0 Å². The molecule has 0 heterocycles. The smallest absolute Gasteiger partial charge is 0.0675 e. The van der Waals surface area contributed by atoms with Crippen LogP contribution in [0.4, 0.5) is 0 Å². The minimum atomic E-state index is -0.687. The summed E-state index contributed by atoms with van der Waals surface area (Å²) in [5.74, 6) is 0.675. The monoisotopic (exact) mass is 240 g/mol. The third-order valence-corrected chi connectivity index (χ3v) is 5.94. The van der Waals surface area contributed by atoms with Gasteiger partial charge in [-0.1, -0.05) is 27.2 Å². The van der Waals surface area contributed by atoms with Crippen LogP contribution < -0.4 is 0 Å². The molecule has 0 aromatic rings. The molecule has 0 amide bonds. The second kappa shape index (κ2) is 3.96. The maximum Gasteiger partial charge on any atom is 0.0675 e. The highest BCUT2D eigenvalue weighted by Crippen LogP contribution is 2.61. The van der Waals surface area contributed by atoms with Crippen molar-refractivity contribution in [1.29, 1.82) is 0 Å².